The van der Waals surface area contributed by atoms with Crippen LogP contribution >= 0.6 is 36.0 Å². The summed E-state index contributed by atoms with van der Waals surface area (Å²) in [6.07, 6.45) is -1.73. The number of nitrogens with zero attached hydrogens (tertiary/aromatic N) is 1. The molecule has 0 saturated carbocycles. The lowest BCUT2D eigenvalue weighted by Crippen LogP contribution is -2.14. The first-order chi connectivity index (χ1) is 14.7. The van der Waals surface area contributed by atoms with Crippen molar-refractivity contribution in [1.29, 1.82) is 0 Å². The molecular formula is C21H20Cl2F3N3OS. The molecule has 1 heterocycles. The van der Waals surface area contributed by atoms with Crippen LogP contribution in [-0.4, -0.2) is 27.7 Å². The van der Waals surface area contributed by atoms with Crippen LogP contribution < -0.4 is 4.72 Å². The number of alkyl halides is 3. The molecule has 0 aliphatic carbocycles. The molecule has 0 radical (unpaired) electrons. The summed E-state index contributed by atoms with van der Waals surface area (Å²) in [5.41, 5.74) is 1.79. The number of hydrogen-bond donors (Lipinski definition) is 4. The first-order valence-corrected chi connectivity index (χ1v) is 10.7. The molecule has 166 valence electrons. The molecule has 1 atom stereocenters. The maximum absolute atomic E-state index is 12.9. The average molecular weight is 490 g/mol. The van der Waals surface area contributed by atoms with Gasteiger partial charge >= 0.3 is 6.18 Å². The van der Waals surface area contributed by atoms with E-state index in [9.17, 15) is 18.3 Å². The van der Waals surface area contributed by atoms with E-state index in [-0.39, 0.29) is 5.02 Å². The second-order valence-corrected chi connectivity index (χ2v) is 8.16. The third-order valence-electron chi connectivity index (χ3n) is 4.82. The largest absolute Gasteiger partial charge is 0.417 e. The molecule has 0 fully saturated rings. The van der Waals surface area contributed by atoms with Gasteiger partial charge in [-0.2, -0.15) is 13.2 Å². The quantitative estimate of drug-likeness (QED) is 0.285. The van der Waals surface area contributed by atoms with E-state index in [1.165, 1.54) is 18.3 Å². The topological polar surface area (TPSA) is 60.9 Å². The molecule has 0 saturated heterocycles. The van der Waals surface area contributed by atoms with Crippen LogP contribution in [0.25, 0.3) is 22.6 Å². The van der Waals surface area contributed by atoms with Gasteiger partial charge in [-0.1, -0.05) is 42.1 Å². The van der Waals surface area contributed by atoms with Crippen molar-refractivity contribution in [2.75, 3.05) is 6.54 Å². The van der Waals surface area contributed by atoms with Gasteiger partial charge in [0.2, 0.25) is 0 Å². The molecular weight excluding hydrogens is 470 g/mol. The van der Waals surface area contributed by atoms with Crippen LogP contribution in [0.15, 0.2) is 42.6 Å². The Morgan fingerprint density at radius 2 is 1.81 bits per heavy atom. The number of aryl methyl sites for hydroxylation is 1. The molecule has 3 rings (SSSR count). The van der Waals surface area contributed by atoms with E-state index in [1.54, 1.807) is 12.1 Å². The summed E-state index contributed by atoms with van der Waals surface area (Å²) in [5, 5.41) is 10.2. The molecule has 0 bridgehead atoms. The van der Waals surface area contributed by atoms with E-state index in [2.05, 4.69) is 27.5 Å². The molecule has 2 aromatic carbocycles. The lowest BCUT2D eigenvalue weighted by atomic mass is 10.0. The van der Waals surface area contributed by atoms with Gasteiger partial charge in [-0.25, -0.2) is 4.98 Å². The van der Waals surface area contributed by atoms with Crippen molar-refractivity contribution < 1.29 is 18.3 Å². The van der Waals surface area contributed by atoms with Crippen LogP contribution in [0.4, 0.5) is 13.2 Å². The standard InChI is InChI=1S/C21H20Cl2F3N3OS/c22-17-6-3-14(9-12(17)1-4-15(30)7-8-28-31)20-27-11-19(29-20)13-2-5-16(18(23)10-13)21(24,25)26/h2-3,5-6,9-11,15,28,30-31H,1,4,7-8H2,(H,27,29). The maximum Gasteiger partial charge on any atom is 0.417 e. The molecule has 10 heteroatoms. The van der Waals surface area contributed by atoms with Gasteiger partial charge in [0.25, 0.3) is 0 Å². The number of aromatic nitrogens is 2. The number of rotatable bonds is 8. The number of benzene rings is 2. The number of hydrogen-bond acceptors (Lipinski definition) is 4. The van der Waals surface area contributed by atoms with Crippen LogP contribution in [0.1, 0.15) is 24.0 Å². The lowest BCUT2D eigenvalue weighted by molar-refractivity contribution is -0.137. The zero-order chi connectivity index (χ0) is 22.6. The van der Waals surface area contributed by atoms with Gasteiger partial charge in [0.05, 0.1) is 28.6 Å². The van der Waals surface area contributed by atoms with Crippen LogP contribution in [0.3, 0.4) is 0 Å². The van der Waals surface area contributed by atoms with Crippen molar-refractivity contribution in [3.8, 4) is 22.6 Å². The predicted octanol–water partition coefficient (Wildman–Crippen LogP) is 6.19. The molecule has 1 aromatic heterocycles. The monoisotopic (exact) mass is 489 g/mol. The van der Waals surface area contributed by atoms with E-state index in [0.717, 1.165) is 17.2 Å². The van der Waals surface area contributed by atoms with Crippen molar-refractivity contribution in [1.82, 2.24) is 14.7 Å². The number of thiol groups is 1. The predicted molar refractivity (Wildman–Crippen MR) is 120 cm³/mol. The Labute approximate surface area is 193 Å². The van der Waals surface area contributed by atoms with Crippen molar-refractivity contribution in [3.05, 3.63) is 63.8 Å². The van der Waals surface area contributed by atoms with E-state index < -0.39 is 17.8 Å². The van der Waals surface area contributed by atoms with Gasteiger partial charge in [-0.15, -0.1) is 0 Å². The van der Waals surface area contributed by atoms with Gasteiger partial charge in [0.1, 0.15) is 5.82 Å². The summed E-state index contributed by atoms with van der Waals surface area (Å²) in [6.45, 7) is 0.598. The fourth-order valence-corrected chi connectivity index (χ4v) is 3.77. The summed E-state index contributed by atoms with van der Waals surface area (Å²) in [5.74, 6) is 0.545. The molecule has 0 aliphatic heterocycles. The highest BCUT2D eigenvalue weighted by Crippen LogP contribution is 2.37. The number of imidazole rings is 1. The van der Waals surface area contributed by atoms with E-state index in [4.69, 9.17) is 23.2 Å². The Morgan fingerprint density at radius 1 is 1.06 bits per heavy atom. The normalized spacial score (nSPS) is 12.9. The number of aliphatic hydroxyl groups excluding tert-OH is 1. The maximum atomic E-state index is 12.9. The summed E-state index contributed by atoms with van der Waals surface area (Å²) in [4.78, 5) is 7.45. The highest BCUT2D eigenvalue weighted by atomic mass is 35.5. The SMILES string of the molecule is OC(CCNS)CCc1cc(-c2ncc(-c3ccc(C(F)(F)F)c(Cl)c3)[nH]2)ccc1Cl. The van der Waals surface area contributed by atoms with E-state index in [0.29, 0.717) is 47.9 Å². The molecule has 31 heavy (non-hydrogen) atoms. The number of H-pyrrole nitrogens is 1. The highest BCUT2D eigenvalue weighted by Gasteiger charge is 2.33. The zero-order valence-electron chi connectivity index (χ0n) is 16.2. The Balaban J connectivity index is 1.79. The fraction of sp³-hybridized carbons (Fsp3) is 0.286. The van der Waals surface area contributed by atoms with Crippen molar-refractivity contribution in [2.45, 2.75) is 31.5 Å². The zero-order valence-corrected chi connectivity index (χ0v) is 18.6. The number of aliphatic hydroxyl groups is 1. The molecule has 4 nitrogen and oxygen atoms in total. The van der Waals surface area contributed by atoms with Crippen molar-refractivity contribution in [3.63, 3.8) is 0 Å². The Morgan fingerprint density at radius 3 is 2.48 bits per heavy atom. The number of aromatic amines is 1. The van der Waals surface area contributed by atoms with Gasteiger partial charge in [-0.05, 0) is 55.2 Å². The molecule has 1 unspecified atom stereocenters. The smallest absolute Gasteiger partial charge is 0.393 e. The summed E-state index contributed by atoms with van der Waals surface area (Å²) in [7, 11) is 0. The van der Waals surface area contributed by atoms with Crippen LogP contribution in [0.5, 0.6) is 0 Å². The van der Waals surface area contributed by atoms with Crippen LogP contribution in [0, 0.1) is 0 Å². The van der Waals surface area contributed by atoms with Gasteiger partial charge in [-0.3, -0.25) is 4.72 Å². The minimum absolute atomic E-state index is 0.374. The second kappa shape index (κ2) is 10.3. The molecule has 0 amide bonds. The Hall–Kier alpha value is -1.71. The average Bonchev–Trinajstić information content (AvgIpc) is 3.21. The van der Waals surface area contributed by atoms with E-state index in [1.807, 2.05) is 6.07 Å². The molecule has 0 aliphatic rings. The Bertz CT molecular complexity index is 1040. The Kier molecular flexibility index (Phi) is 7.93. The summed E-state index contributed by atoms with van der Waals surface area (Å²) in [6, 6.07) is 9.00. The number of halogens is 5. The van der Waals surface area contributed by atoms with Gasteiger partial charge in [0.15, 0.2) is 0 Å². The highest BCUT2D eigenvalue weighted by molar-refractivity contribution is 7.78. The molecule has 3 aromatic rings. The van der Waals surface area contributed by atoms with Crippen molar-refractivity contribution >= 4 is 36.0 Å². The summed E-state index contributed by atoms with van der Waals surface area (Å²) >= 11 is 16.0. The first-order valence-electron chi connectivity index (χ1n) is 9.45. The van der Waals surface area contributed by atoms with E-state index >= 15 is 0 Å². The third-order valence-corrected chi connectivity index (χ3v) is 5.72. The second-order valence-electron chi connectivity index (χ2n) is 7.03. The molecule has 0 spiro atoms. The van der Waals surface area contributed by atoms with Crippen LogP contribution in [-0.2, 0) is 12.6 Å². The fourth-order valence-electron chi connectivity index (χ4n) is 3.14. The lowest BCUT2D eigenvalue weighted by Gasteiger charge is -2.11. The third kappa shape index (κ3) is 6.17. The van der Waals surface area contributed by atoms with Crippen molar-refractivity contribution in [2.24, 2.45) is 0 Å². The van der Waals surface area contributed by atoms with Gasteiger partial charge < -0.3 is 10.1 Å². The first kappa shape index (κ1) is 23.9. The number of nitrogens with one attached hydrogen (secondary N) is 2. The molecule has 3 N–H and O–H groups in total. The summed E-state index contributed by atoms with van der Waals surface area (Å²) < 4.78 is 41.4. The van der Waals surface area contributed by atoms with Gasteiger partial charge in [0, 0.05) is 22.7 Å². The minimum atomic E-state index is -4.51. The minimum Gasteiger partial charge on any atom is -0.393 e. The van der Waals surface area contributed by atoms with Crippen LogP contribution in [0.2, 0.25) is 10.0 Å².